The second-order valence-corrected chi connectivity index (χ2v) is 5.94. The Hall–Kier alpha value is -4.07. The molecule has 8 nitrogen and oxygen atoms in total. The lowest BCUT2D eigenvalue weighted by Crippen LogP contribution is -2.28. The number of carbonyl (C=O) groups excluding carboxylic acids is 2. The molecule has 0 radical (unpaired) electrons. The van der Waals surface area contributed by atoms with Crippen LogP contribution in [0, 0.1) is 0 Å². The van der Waals surface area contributed by atoms with Crippen molar-refractivity contribution < 1.29 is 28.6 Å². The third-order valence-corrected chi connectivity index (χ3v) is 3.91. The van der Waals surface area contributed by atoms with E-state index >= 15 is 0 Å². The molecule has 0 aliphatic rings. The first-order chi connectivity index (χ1) is 14.0. The number of hydrogen-bond acceptors (Lipinski definition) is 5. The van der Waals surface area contributed by atoms with Gasteiger partial charge < -0.3 is 24.9 Å². The molecule has 3 rings (SSSR count). The number of ether oxygens (including phenoxy) is 1. The zero-order chi connectivity index (χ0) is 20.6. The molecule has 0 fully saturated rings. The third kappa shape index (κ3) is 5.46. The van der Waals surface area contributed by atoms with E-state index in [2.05, 4.69) is 10.6 Å². The molecule has 0 saturated heterocycles. The Morgan fingerprint density at radius 1 is 0.897 bits per heavy atom. The Balaban J connectivity index is 1.43. The molecule has 8 heteroatoms. The Morgan fingerprint density at radius 2 is 1.59 bits per heavy atom. The van der Waals surface area contributed by atoms with Gasteiger partial charge in [-0.25, -0.2) is 4.79 Å². The molecule has 0 aliphatic heterocycles. The molecule has 0 aliphatic carbocycles. The van der Waals surface area contributed by atoms with Crippen LogP contribution in [-0.2, 0) is 0 Å². The highest BCUT2D eigenvalue weighted by Gasteiger charge is 2.10. The second-order valence-electron chi connectivity index (χ2n) is 5.94. The van der Waals surface area contributed by atoms with Crippen molar-refractivity contribution >= 4 is 23.5 Å². The van der Waals surface area contributed by atoms with Gasteiger partial charge in [0.25, 0.3) is 11.8 Å². The lowest BCUT2D eigenvalue weighted by Gasteiger charge is -2.09. The van der Waals surface area contributed by atoms with Gasteiger partial charge >= 0.3 is 5.97 Å². The molecule has 2 aromatic carbocycles. The van der Waals surface area contributed by atoms with E-state index in [9.17, 15) is 14.4 Å². The van der Waals surface area contributed by atoms with Crippen LogP contribution < -0.4 is 15.4 Å². The summed E-state index contributed by atoms with van der Waals surface area (Å²) in [4.78, 5) is 34.9. The summed E-state index contributed by atoms with van der Waals surface area (Å²) in [6, 6.07) is 15.6. The van der Waals surface area contributed by atoms with Crippen molar-refractivity contribution in [1.82, 2.24) is 5.32 Å². The van der Waals surface area contributed by atoms with Gasteiger partial charge in [0.05, 0.1) is 18.4 Å². The highest BCUT2D eigenvalue weighted by molar-refractivity contribution is 6.02. The maximum absolute atomic E-state index is 12.2. The molecule has 2 amide bonds. The second kappa shape index (κ2) is 9.23. The fourth-order valence-corrected chi connectivity index (χ4v) is 2.43. The van der Waals surface area contributed by atoms with E-state index < -0.39 is 5.97 Å². The lowest BCUT2D eigenvalue weighted by atomic mass is 10.2. The smallest absolute Gasteiger partial charge is 0.335 e. The van der Waals surface area contributed by atoms with Crippen molar-refractivity contribution in [2.24, 2.45) is 0 Å². The maximum atomic E-state index is 12.2. The number of anilines is 1. The van der Waals surface area contributed by atoms with Crippen molar-refractivity contribution in [1.29, 1.82) is 0 Å². The van der Waals surface area contributed by atoms with Crippen molar-refractivity contribution in [2.45, 2.75) is 0 Å². The molecule has 0 bridgehead atoms. The van der Waals surface area contributed by atoms with Crippen LogP contribution in [0.5, 0.6) is 5.75 Å². The average Bonchev–Trinajstić information content (AvgIpc) is 3.27. The van der Waals surface area contributed by atoms with E-state index in [0.29, 0.717) is 17.0 Å². The van der Waals surface area contributed by atoms with Crippen LogP contribution >= 0.6 is 0 Å². The Labute approximate surface area is 166 Å². The number of amides is 2. The van der Waals surface area contributed by atoms with Crippen molar-refractivity contribution in [3.63, 3.8) is 0 Å². The monoisotopic (exact) mass is 394 g/mol. The van der Waals surface area contributed by atoms with Gasteiger partial charge in [0.15, 0.2) is 5.76 Å². The van der Waals surface area contributed by atoms with Crippen LogP contribution in [-0.4, -0.2) is 36.0 Å². The molecule has 3 aromatic rings. The molecule has 0 spiro atoms. The van der Waals surface area contributed by atoms with Crippen molar-refractivity contribution in [3.8, 4) is 5.75 Å². The fourth-order valence-electron chi connectivity index (χ4n) is 2.43. The predicted molar refractivity (Wildman–Crippen MR) is 104 cm³/mol. The number of nitrogens with one attached hydrogen (secondary N) is 2. The van der Waals surface area contributed by atoms with Gasteiger partial charge in [0.2, 0.25) is 0 Å². The van der Waals surface area contributed by atoms with E-state index in [1.807, 2.05) is 0 Å². The minimum Gasteiger partial charge on any atom is -0.492 e. The molecule has 1 aromatic heterocycles. The third-order valence-electron chi connectivity index (χ3n) is 3.91. The fraction of sp³-hybridized carbons (Fsp3) is 0.0952. The van der Waals surface area contributed by atoms with Crippen LogP contribution in [0.4, 0.5) is 5.69 Å². The minimum atomic E-state index is -1.00. The molecule has 29 heavy (non-hydrogen) atoms. The summed E-state index contributed by atoms with van der Waals surface area (Å²) in [5.41, 5.74) is 1.15. The van der Waals surface area contributed by atoms with E-state index in [-0.39, 0.29) is 36.3 Å². The van der Waals surface area contributed by atoms with Gasteiger partial charge in [-0.2, -0.15) is 0 Å². The van der Waals surface area contributed by atoms with E-state index in [1.54, 1.807) is 48.5 Å². The van der Waals surface area contributed by atoms with Gasteiger partial charge in [0.1, 0.15) is 12.4 Å². The summed E-state index contributed by atoms with van der Waals surface area (Å²) < 4.78 is 10.5. The van der Waals surface area contributed by atoms with E-state index in [1.165, 1.54) is 18.4 Å². The Morgan fingerprint density at radius 3 is 2.21 bits per heavy atom. The highest BCUT2D eigenvalue weighted by atomic mass is 16.5. The summed E-state index contributed by atoms with van der Waals surface area (Å²) in [5, 5.41) is 14.2. The number of rotatable bonds is 8. The molecule has 0 saturated carbocycles. The van der Waals surface area contributed by atoms with Crippen LogP contribution in [0.1, 0.15) is 31.3 Å². The number of furan rings is 1. The topological polar surface area (TPSA) is 118 Å². The number of benzene rings is 2. The normalized spacial score (nSPS) is 10.2. The first-order valence-electron chi connectivity index (χ1n) is 8.72. The standard InChI is InChI=1S/C21H18N2O6/c24-19(22-11-13-28-17-9-5-15(6-10-17)21(26)27)14-3-7-16(8-4-14)23-20(25)18-2-1-12-29-18/h1-10,12H,11,13H2,(H,22,24)(H,23,25)(H,26,27). The number of carboxylic acids is 1. The highest BCUT2D eigenvalue weighted by Crippen LogP contribution is 2.13. The van der Waals surface area contributed by atoms with Crippen molar-refractivity contribution in [2.75, 3.05) is 18.5 Å². The van der Waals surface area contributed by atoms with Gasteiger partial charge in [-0.15, -0.1) is 0 Å². The summed E-state index contributed by atoms with van der Waals surface area (Å²) in [6.45, 7) is 0.506. The van der Waals surface area contributed by atoms with Crippen molar-refractivity contribution in [3.05, 3.63) is 83.8 Å². The maximum Gasteiger partial charge on any atom is 0.335 e. The Kier molecular flexibility index (Phi) is 6.26. The van der Waals surface area contributed by atoms with Crippen LogP contribution in [0.2, 0.25) is 0 Å². The molecular weight excluding hydrogens is 376 g/mol. The zero-order valence-electron chi connectivity index (χ0n) is 15.3. The van der Waals surface area contributed by atoms with Crippen LogP contribution in [0.3, 0.4) is 0 Å². The molecule has 1 heterocycles. The first-order valence-corrected chi connectivity index (χ1v) is 8.72. The first kappa shape index (κ1) is 19.7. The van der Waals surface area contributed by atoms with Gasteiger partial charge in [-0.3, -0.25) is 9.59 Å². The number of hydrogen-bond donors (Lipinski definition) is 3. The van der Waals surface area contributed by atoms with Gasteiger partial charge in [-0.1, -0.05) is 0 Å². The Bertz CT molecular complexity index is 979. The van der Waals surface area contributed by atoms with Gasteiger partial charge in [-0.05, 0) is 60.7 Å². The minimum absolute atomic E-state index is 0.175. The largest absolute Gasteiger partial charge is 0.492 e. The zero-order valence-corrected chi connectivity index (χ0v) is 15.3. The summed E-state index contributed by atoms with van der Waals surface area (Å²) in [7, 11) is 0. The van der Waals surface area contributed by atoms with Gasteiger partial charge in [0, 0.05) is 11.3 Å². The number of aromatic carboxylic acids is 1. The molecule has 0 atom stereocenters. The summed E-state index contributed by atoms with van der Waals surface area (Å²) in [6.07, 6.45) is 1.41. The summed E-state index contributed by atoms with van der Waals surface area (Å²) >= 11 is 0. The van der Waals surface area contributed by atoms with E-state index in [0.717, 1.165) is 0 Å². The SMILES string of the molecule is O=C(O)c1ccc(OCCNC(=O)c2ccc(NC(=O)c3ccco3)cc2)cc1. The van der Waals surface area contributed by atoms with Crippen LogP contribution in [0.25, 0.3) is 0 Å². The average molecular weight is 394 g/mol. The molecule has 3 N–H and O–H groups in total. The quantitative estimate of drug-likeness (QED) is 0.506. The predicted octanol–water partition coefficient (Wildman–Crippen LogP) is 3.04. The lowest BCUT2D eigenvalue weighted by molar-refractivity contribution is 0.0696. The van der Waals surface area contributed by atoms with Crippen LogP contribution in [0.15, 0.2) is 71.3 Å². The van der Waals surface area contributed by atoms with E-state index in [4.69, 9.17) is 14.3 Å². The number of carboxylic acid groups (broad SMARTS) is 1. The number of carbonyl (C=O) groups is 3. The molecule has 0 unspecified atom stereocenters. The summed E-state index contributed by atoms with van der Waals surface area (Å²) in [5.74, 6) is -0.944. The molecule has 148 valence electrons. The molecular formula is C21H18N2O6.